The van der Waals surface area contributed by atoms with Crippen molar-refractivity contribution in [3.8, 4) is 0 Å². The summed E-state index contributed by atoms with van der Waals surface area (Å²) in [6, 6.07) is 0. The van der Waals surface area contributed by atoms with Crippen LogP contribution in [0.15, 0.2) is 35.5 Å². The fraction of sp³-hybridized carbons (Fsp3) is 0.647. The summed E-state index contributed by atoms with van der Waals surface area (Å²) in [6.07, 6.45) is 8.25. The largest absolute Gasteiger partial charge is 0.371 e. The van der Waals surface area contributed by atoms with Crippen molar-refractivity contribution in [1.29, 1.82) is 0 Å². The molecule has 25 heavy (non-hydrogen) atoms. The fourth-order valence-corrected chi connectivity index (χ4v) is 5.13. The predicted octanol–water partition coefficient (Wildman–Crippen LogP) is 4.79. The molecule has 0 aromatic heterocycles. The third kappa shape index (κ3) is 16.7. The molecule has 6 nitrogen and oxygen atoms in total. The monoisotopic (exact) mass is 394 g/mol. The van der Waals surface area contributed by atoms with Crippen LogP contribution in [-0.4, -0.2) is 33.5 Å². The van der Waals surface area contributed by atoms with Gasteiger partial charge in [-0.3, -0.25) is 9.13 Å². The summed E-state index contributed by atoms with van der Waals surface area (Å²) in [5.74, 6) is -1.04. The molecule has 0 bridgehead atoms. The molecule has 0 saturated carbocycles. The molecule has 146 valence electrons. The van der Waals surface area contributed by atoms with E-state index in [4.69, 9.17) is 14.5 Å². The molecule has 0 aromatic carbocycles. The Morgan fingerprint density at radius 1 is 1.00 bits per heavy atom. The number of hydrogen-bond donors (Lipinski definition) is 3. The molecule has 0 aliphatic carbocycles. The quantitative estimate of drug-likeness (QED) is 0.236. The minimum absolute atomic E-state index is 0.216. The highest BCUT2D eigenvalue weighted by Gasteiger charge is 2.29. The van der Waals surface area contributed by atoms with Crippen molar-refractivity contribution >= 4 is 15.0 Å². The average molecular weight is 394 g/mol. The van der Waals surface area contributed by atoms with E-state index in [2.05, 4.69) is 39.5 Å². The molecular formula is C17H32O6P2. The second-order valence-corrected chi connectivity index (χ2v) is 11.0. The fourth-order valence-electron chi connectivity index (χ4n) is 2.09. The van der Waals surface area contributed by atoms with E-state index in [0.717, 1.165) is 31.3 Å². The van der Waals surface area contributed by atoms with E-state index in [-0.39, 0.29) is 6.61 Å². The molecule has 0 heterocycles. The van der Waals surface area contributed by atoms with E-state index >= 15 is 0 Å². The van der Waals surface area contributed by atoms with Gasteiger partial charge in [-0.15, -0.1) is 0 Å². The molecular weight excluding hydrogens is 362 g/mol. The highest BCUT2D eigenvalue weighted by Crippen LogP contribution is 2.54. The number of rotatable bonds is 13. The van der Waals surface area contributed by atoms with Crippen LogP contribution >= 0.6 is 15.0 Å². The first-order valence-electron chi connectivity index (χ1n) is 8.30. The normalized spacial score (nSPS) is 14.9. The Hall–Kier alpha value is -0.480. The molecule has 0 fully saturated rings. The molecule has 0 saturated heterocycles. The SMILES string of the molecule is C=C(CCC=C(C)CCC=C(C)C)CCOCP(=O)(O)CP(=O)(O)O. The van der Waals surface area contributed by atoms with Crippen molar-refractivity contribution in [3.63, 3.8) is 0 Å². The molecule has 0 aromatic rings. The van der Waals surface area contributed by atoms with E-state index < -0.39 is 27.2 Å². The van der Waals surface area contributed by atoms with Gasteiger partial charge >= 0.3 is 7.60 Å². The van der Waals surface area contributed by atoms with Crippen LogP contribution < -0.4 is 0 Å². The standard InChI is InChI=1S/C17H32O6P2/c1-15(2)7-5-8-16(3)9-6-10-17(4)11-12-23-13-24(18,19)14-25(20,21)22/h7,9H,4-6,8,10-14H2,1-3H3,(H,18,19)(H2,20,21,22). The van der Waals surface area contributed by atoms with Crippen LogP contribution in [0.25, 0.3) is 0 Å². The van der Waals surface area contributed by atoms with E-state index in [0.29, 0.717) is 6.42 Å². The smallest absolute Gasteiger partial charge is 0.335 e. The lowest BCUT2D eigenvalue weighted by atomic mass is 10.1. The molecule has 0 radical (unpaired) electrons. The topological polar surface area (TPSA) is 104 Å². The van der Waals surface area contributed by atoms with Gasteiger partial charge < -0.3 is 19.4 Å². The van der Waals surface area contributed by atoms with Gasteiger partial charge in [0.05, 0.1) is 6.61 Å². The summed E-state index contributed by atoms with van der Waals surface area (Å²) in [5.41, 5.74) is 3.66. The van der Waals surface area contributed by atoms with Crippen molar-refractivity contribution in [2.75, 3.05) is 18.9 Å². The van der Waals surface area contributed by atoms with E-state index in [1.54, 1.807) is 0 Å². The minimum atomic E-state index is -4.51. The second-order valence-electron chi connectivity index (χ2n) is 6.60. The summed E-state index contributed by atoms with van der Waals surface area (Å²) < 4.78 is 27.4. The predicted molar refractivity (Wildman–Crippen MR) is 103 cm³/mol. The zero-order chi connectivity index (χ0) is 19.5. The van der Waals surface area contributed by atoms with Crippen LogP contribution in [0, 0.1) is 0 Å². The molecule has 8 heteroatoms. The Kier molecular flexibility index (Phi) is 11.8. The zero-order valence-corrected chi connectivity index (χ0v) is 17.3. The maximum Gasteiger partial charge on any atom is 0.335 e. The molecule has 1 unspecified atom stereocenters. The average Bonchev–Trinajstić information content (AvgIpc) is 2.40. The van der Waals surface area contributed by atoms with E-state index in [9.17, 15) is 14.0 Å². The van der Waals surface area contributed by atoms with Gasteiger partial charge in [-0.05, 0) is 52.9 Å². The lowest BCUT2D eigenvalue weighted by Gasteiger charge is -2.13. The first-order valence-corrected chi connectivity index (χ1v) is 12.1. The summed E-state index contributed by atoms with van der Waals surface area (Å²) in [4.78, 5) is 26.9. The van der Waals surface area contributed by atoms with Crippen LogP contribution in [0.3, 0.4) is 0 Å². The Labute approximate surface area is 151 Å². The third-order valence-electron chi connectivity index (χ3n) is 3.38. The van der Waals surface area contributed by atoms with Gasteiger partial charge in [-0.1, -0.05) is 35.5 Å². The van der Waals surface area contributed by atoms with Gasteiger partial charge in [-0.25, -0.2) is 0 Å². The van der Waals surface area contributed by atoms with Crippen LogP contribution in [0.1, 0.15) is 52.9 Å². The van der Waals surface area contributed by atoms with Gasteiger partial charge in [-0.2, -0.15) is 0 Å². The minimum Gasteiger partial charge on any atom is -0.371 e. The molecule has 0 aliphatic heterocycles. The first kappa shape index (κ1) is 24.5. The summed E-state index contributed by atoms with van der Waals surface area (Å²) in [7, 11) is -8.47. The third-order valence-corrected chi connectivity index (χ3v) is 7.21. The number of allylic oxidation sites excluding steroid dienone is 4. The van der Waals surface area contributed by atoms with Crippen LogP contribution in [0.4, 0.5) is 0 Å². The maximum absolute atomic E-state index is 11.6. The van der Waals surface area contributed by atoms with Gasteiger partial charge in [0, 0.05) is 0 Å². The highest BCUT2D eigenvalue weighted by atomic mass is 31.2. The van der Waals surface area contributed by atoms with E-state index in [1.807, 2.05) is 0 Å². The number of hydrogen-bond acceptors (Lipinski definition) is 3. The van der Waals surface area contributed by atoms with Gasteiger partial charge in [0.25, 0.3) is 0 Å². The van der Waals surface area contributed by atoms with Crippen molar-refractivity contribution < 1.29 is 28.5 Å². The summed E-state index contributed by atoms with van der Waals surface area (Å²) in [5, 5.41) is 0. The molecule has 0 aliphatic rings. The van der Waals surface area contributed by atoms with Crippen molar-refractivity contribution in [2.24, 2.45) is 0 Å². The van der Waals surface area contributed by atoms with Gasteiger partial charge in [0.1, 0.15) is 12.3 Å². The molecule has 0 spiro atoms. The summed E-state index contributed by atoms with van der Waals surface area (Å²) >= 11 is 0. The van der Waals surface area contributed by atoms with Crippen molar-refractivity contribution in [1.82, 2.24) is 0 Å². The Morgan fingerprint density at radius 3 is 2.16 bits per heavy atom. The molecule has 1 atom stereocenters. The maximum atomic E-state index is 11.6. The van der Waals surface area contributed by atoms with Crippen LogP contribution in [0.2, 0.25) is 0 Å². The Morgan fingerprint density at radius 2 is 1.60 bits per heavy atom. The van der Waals surface area contributed by atoms with Crippen LogP contribution in [0.5, 0.6) is 0 Å². The highest BCUT2D eigenvalue weighted by molar-refractivity contribution is 7.72. The second kappa shape index (κ2) is 12.0. The number of ether oxygens (including phenoxy) is 1. The first-order chi connectivity index (χ1) is 11.4. The lowest BCUT2D eigenvalue weighted by molar-refractivity contribution is 0.171. The molecule has 0 amide bonds. The zero-order valence-electron chi connectivity index (χ0n) is 15.5. The molecule has 0 rings (SSSR count). The Bertz CT molecular complexity index is 570. The van der Waals surface area contributed by atoms with Gasteiger partial charge in [0.2, 0.25) is 7.37 Å². The molecule has 3 N–H and O–H groups in total. The van der Waals surface area contributed by atoms with Crippen molar-refractivity contribution in [3.05, 3.63) is 35.5 Å². The van der Waals surface area contributed by atoms with E-state index in [1.165, 1.54) is 11.1 Å². The Balaban J connectivity index is 3.93. The van der Waals surface area contributed by atoms with Crippen LogP contribution in [-0.2, 0) is 13.9 Å². The van der Waals surface area contributed by atoms with Gasteiger partial charge in [0.15, 0.2) is 0 Å². The van der Waals surface area contributed by atoms with Crippen molar-refractivity contribution in [2.45, 2.75) is 52.9 Å². The lowest BCUT2D eigenvalue weighted by Crippen LogP contribution is -2.02. The summed E-state index contributed by atoms with van der Waals surface area (Å²) in [6.45, 7) is 10.5.